The summed E-state index contributed by atoms with van der Waals surface area (Å²) in [6.45, 7) is 0. The summed E-state index contributed by atoms with van der Waals surface area (Å²) in [5.74, 6) is 1.65. The van der Waals surface area contributed by atoms with Crippen molar-refractivity contribution >= 4 is 27.3 Å². The number of benzene rings is 2. The highest BCUT2D eigenvalue weighted by Gasteiger charge is 2.13. The molecule has 6 nitrogen and oxygen atoms in total. The van der Waals surface area contributed by atoms with E-state index in [0.717, 1.165) is 0 Å². The molecule has 0 radical (unpaired) electrons. The van der Waals surface area contributed by atoms with Gasteiger partial charge in [0.2, 0.25) is 5.75 Å². The third-order valence-corrected chi connectivity index (χ3v) is 3.50. The van der Waals surface area contributed by atoms with Crippen LogP contribution in [0.25, 0.3) is 0 Å². The molecule has 2 aromatic rings. The number of nitrogens with zero attached hydrogens (tertiary/aromatic N) is 2. The summed E-state index contributed by atoms with van der Waals surface area (Å²) in [7, 11) is 4.61. The van der Waals surface area contributed by atoms with E-state index < -0.39 is 0 Å². The lowest BCUT2D eigenvalue weighted by Gasteiger charge is -2.12. The standard InChI is InChI=1S/C15H15BrN2O4/c1-20-13-7-10(8-14(21-2)15(13)22-3)18-17-9-4-5-12(19)11(16)6-9/h4-8,19H,1-3H3. The Hall–Kier alpha value is -2.28. The number of phenols is 1. The minimum Gasteiger partial charge on any atom is -0.507 e. The van der Waals surface area contributed by atoms with E-state index in [2.05, 4.69) is 26.2 Å². The van der Waals surface area contributed by atoms with E-state index in [1.807, 2.05) is 0 Å². The summed E-state index contributed by atoms with van der Waals surface area (Å²) < 4.78 is 16.3. The molecule has 0 heterocycles. The van der Waals surface area contributed by atoms with E-state index in [1.165, 1.54) is 27.4 Å². The van der Waals surface area contributed by atoms with Crippen molar-refractivity contribution in [1.82, 2.24) is 0 Å². The van der Waals surface area contributed by atoms with Gasteiger partial charge in [-0.3, -0.25) is 0 Å². The van der Waals surface area contributed by atoms with E-state index in [0.29, 0.717) is 33.1 Å². The van der Waals surface area contributed by atoms with Crippen LogP contribution in [0.15, 0.2) is 45.0 Å². The number of hydrogen-bond acceptors (Lipinski definition) is 6. The van der Waals surface area contributed by atoms with E-state index in [-0.39, 0.29) is 5.75 Å². The summed E-state index contributed by atoms with van der Waals surface area (Å²) in [6.07, 6.45) is 0. The summed E-state index contributed by atoms with van der Waals surface area (Å²) in [6, 6.07) is 8.24. The van der Waals surface area contributed by atoms with Crippen LogP contribution in [-0.2, 0) is 0 Å². The highest BCUT2D eigenvalue weighted by atomic mass is 79.9. The largest absolute Gasteiger partial charge is 0.507 e. The lowest BCUT2D eigenvalue weighted by atomic mass is 10.2. The molecule has 1 N–H and O–H groups in total. The Kier molecular flexibility index (Phi) is 5.21. The van der Waals surface area contributed by atoms with Crippen LogP contribution < -0.4 is 14.2 Å². The van der Waals surface area contributed by atoms with Crippen LogP contribution in [0.3, 0.4) is 0 Å². The SMILES string of the molecule is COc1cc(N=Nc2ccc(O)c(Br)c2)cc(OC)c1OC. The van der Waals surface area contributed by atoms with Gasteiger partial charge in [0.15, 0.2) is 11.5 Å². The van der Waals surface area contributed by atoms with Crippen molar-refractivity contribution in [2.75, 3.05) is 21.3 Å². The summed E-state index contributed by atoms with van der Waals surface area (Å²) >= 11 is 3.23. The number of methoxy groups -OCH3 is 3. The van der Waals surface area contributed by atoms with Gasteiger partial charge in [-0.15, -0.1) is 0 Å². The van der Waals surface area contributed by atoms with E-state index in [1.54, 1.807) is 24.3 Å². The fraction of sp³-hybridized carbons (Fsp3) is 0.200. The number of azo groups is 1. The Morgan fingerprint density at radius 1 is 0.864 bits per heavy atom. The second kappa shape index (κ2) is 7.13. The smallest absolute Gasteiger partial charge is 0.203 e. The Morgan fingerprint density at radius 3 is 1.95 bits per heavy atom. The number of aromatic hydroxyl groups is 1. The van der Waals surface area contributed by atoms with Crippen molar-refractivity contribution in [3.8, 4) is 23.0 Å². The summed E-state index contributed by atoms with van der Waals surface area (Å²) in [5.41, 5.74) is 1.15. The van der Waals surface area contributed by atoms with Gasteiger partial charge in [-0.2, -0.15) is 10.2 Å². The minimum atomic E-state index is 0.145. The van der Waals surface area contributed by atoms with Crippen molar-refractivity contribution in [1.29, 1.82) is 0 Å². The zero-order valence-corrected chi connectivity index (χ0v) is 13.9. The molecule has 0 bridgehead atoms. The molecule has 0 aliphatic carbocycles. The lowest BCUT2D eigenvalue weighted by molar-refractivity contribution is 0.324. The Bertz CT molecular complexity index is 679. The fourth-order valence-electron chi connectivity index (χ4n) is 1.80. The Balaban J connectivity index is 2.36. The molecule has 0 aliphatic rings. The zero-order chi connectivity index (χ0) is 16.1. The van der Waals surface area contributed by atoms with Gasteiger partial charge in [0.05, 0.1) is 37.2 Å². The second-order valence-corrected chi connectivity index (χ2v) is 5.07. The van der Waals surface area contributed by atoms with Crippen LogP contribution in [0, 0.1) is 0 Å². The van der Waals surface area contributed by atoms with E-state index in [9.17, 15) is 5.11 Å². The first kappa shape index (κ1) is 16.1. The third-order valence-electron chi connectivity index (χ3n) is 2.86. The van der Waals surface area contributed by atoms with Crippen molar-refractivity contribution in [3.05, 3.63) is 34.8 Å². The van der Waals surface area contributed by atoms with Gasteiger partial charge in [-0.25, -0.2) is 0 Å². The maximum atomic E-state index is 9.46. The molecule has 0 aliphatic heterocycles. The summed E-state index contributed by atoms with van der Waals surface area (Å²) in [4.78, 5) is 0. The third kappa shape index (κ3) is 3.48. The minimum absolute atomic E-state index is 0.145. The molecule has 0 atom stereocenters. The predicted molar refractivity (Wildman–Crippen MR) is 86.1 cm³/mol. The molecule has 7 heteroatoms. The van der Waals surface area contributed by atoms with Crippen LogP contribution >= 0.6 is 15.9 Å². The molecule has 0 amide bonds. The molecular weight excluding hydrogens is 352 g/mol. The Morgan fingerprint density at radius 2 is 1.45 bits per heavy atom. The van der Waals surface area contributed by atoms with Gasteiger partial charge < -0.3 is 19.3 Å². The molecule has 2 aromatic carbocycles. The first-order valence-electron chi connectivity index (χ1n) is 6.29. The lowest BCUT2D eigenvalue weighted by Crippen LogP contribution is -1.94. The maximum Gasteiger partial charge on any atom is 0.203 e. The molecule has 0 saturated heterocycles. The number of halogens is 1. The monoisotopic (exact) mass is 366 g/mol. The Labute approximate surface area is 136 Å². The van der Waals surface area contributed by atoms with E-state index in [4.69, 9.17) is 14.2 Å². The number of ether oxygens (including phenoxy) is 3. The van der Waals surface area contributed by atoms with Gasteiger partial charge in [0.25, 0.3) is 0 Å². The van der Waals surface area contributed by atoms with Crippen LogP contribution in [0.4, 0.5) is 11.4 Å². The first-order valence-corrected chi connectivity index (χ1v) is 7.08. The second-order valence-electron chi connectivity index (χ2n) is 4.22. The average molecular weight is 367 g/mol. The highest BCUT2D eigenvalue weighted by Crippen LogP contribution is 2.41. The fourth-order valence-corrected chi connectivity index (χ4v) is 2.17. The molecular formula is C15H15BrN2O4. The molecule has 0 unspecified atom stereocenters. The van der Waals surface area contributed by atoms with Gasteiger partial charge in [-0.1, -0.05) is 0 Å². The van der Waals surface area contributed by atoms with Crippen LogP contribution in [0.1, 0.15) is 0 Å². The molecule has 0 spiro atoms. The summed E-state index contributed by atoms with van der Waals surface area (Å²) in [5, 5.41) is 17.7. The zero-order valence-electron chi connectivity index (χ0n) is 12.3. The normalized spacial score (nSPS) is 10.7. The molecule has 2 rings (SSSR count). The van der Waals surface area contributed by atoms with Crippen molar-refractivity contribution in [2.45, 2.75) is 0 Å². The average Bonchev–Trinajstić information content (AvgIpc) is 2.54. The predicted octanol–water partition coefficient (Wildman–Crippen LogP) is 4.60. The van der Waals surface area contributed by atoms with Crippen molar-refractivity contribution in [3.63, 3.8) is 0 Å². The topological polar surface area (TPSA) is 72.6 Å². The molecule has 0 saturated carbocycles. The van der Waals surface area contributed by atoms with Gasteiger partial charge in [0.1, 0.15) is 5.75 Å². The highest BCUT2D eigenvalue weighted by molar-refractivity contribution is 9.10. The number of rotatable bonds is 5. The van der Waals surface area contributed by atoms with E-state index >= 15 is 0 Å². The van der Waals surface area contributed by atoms with Gasteiger partial charge >= 0.3 is 0 Å². The number of hydrogen-bond donors (Lipinski definition) is 1. The number of phenolic OH excluding ortho intramolecular Hbond substituents is 1. The van der Waals surface area contributed by atoms with Crippen molar-refractivity contribution < 1.29 is 19.3 Å². The molecule has 116 valence electrons. The quantitative estimate of drug-likeness (QED) is 0.785. The van der Waals surface area contributed by atoms with Crippen LogP contribution in [-0.4, -0.2) is 26.4 Å². The molecule has 0 fully saturated rings. The maximum absolute atomic E-state index is 9.46. The van der Waals surface area contributed by atoms with Crippen LogP contribution in [0.2, 0.25) is 0 Å². The van der Waals surface area contributed by atoms with Crippen LogP contribution in [0.5, 0.6) is 23.0 Å². The first-order chi connectivity index (χ1) is 10.6. The molecule has 22 heavy (non-hydrogen) atoms. The van der Waals surface area contributed by atoms with Crippen molar-refractivity contribution in [2.24, 2.45) is 10.2 Å². The van der Waals surface area contributed by atoms with Gasteiger partial charge in [0, 0.05) is 12.1 Å². The van der Waals surface area contributed by atoms with Gasteiger partial charge in [-0.05, 0) is 34.1 Å². The molecule has 0 aromatic heterocycles.